The van der Waals surface area contributed by atoms with Crippen LogP contribution in [0.5, 0.6) is 0 Å². The van der Waals surface area contributed by atoms with Crippen LogP contribution in [0, 0.1) is 17.7 Å². The summed E-state index contributed by atoms with van der Waals surface area (Å²) in [4.78, 5) is 16.6. The number of piperidine rings is 2. The number of aliphatic hydroxyl groups excluding tert-OH is 1. The molecule has 6 heteroatoms. The molecule has 5 nitrogen and oxygen atoms in total. The molecular formula is C21H32FN3O2. The third kappa shape index (κ3) is 6.18. The average molecular weight is 378 g/mol. The van der Waals surface area contributed by atoms with Gasteiger partial charge < -0.3 is 20.2 Å². The molecule has 2 aliphatic rings. The highest BCUT2D eigenvalue weighted by Gasteiger charge is 2.23. The first-order chi connectivity index (χ1) is 13.1. The Morgan fingerprint density at radius 2 is 1.85 bits per heavy atom. The second-order valence-corrected chi connectivity index (χ2v) is 7.98. The number of hydrogen-bond donors (Lipinski definition) is 2. The Morgan fingerprint density at radius 3 is 2.56 bits per heavy atom. The highest BCUT2D eigenvalue weighted by molar-refractivity contribution is 5.74. The van der Waals surface area contributed by atoms with Crippen molar-refractivity contribution >= 4 is 6.03 Å². The van der Waals surface area contributed by atoms with E-state index in [2.05, 4.69) is 10.2 Å². The zero-order chi connectivity index (χ0) is 19.1. The maximum absolute atomic E-state index is 13.0. The van der Waals surface area contributed by atoms with Crippen molar-refractivity contribution in [2.75, 3.05) is 45.9 Å². The van der Waals surface area contributed by atoms with Gasteiger partial charge in [0.1, 0.15) is 5.82 Å². The van der Waals surface area contributed by atoms with E-state index in [4.69, 9.17) is 0 Å². The molecule has 0 aliphatic carbocycles. The van der Waals surface area contributed by atoms with Crippen molar-refractivity contribution in [2.45, 2.75) is 32.1 Å². The lowest BCUT2D eigenvalue weighted by Gasteiger charge is -2.33. The van der Waals surface area contributed by atoms with Gasteiger partial charge in [-0.15, -0.1) is 0 Å². The third-order valence-electron chi connectivity index (χ3n) is 5.90. The van der Waals surface area contributed by atoms with Gasteiger partial charge in [0.2, 0.25) is 0 Å². The topological polar surface area (TPSA) is 55.8 Å². The first kappa shape index (κ1) is 20.1. The van der Waals surface area contributed by atoms with E-state index in [0.29, 0.717) is 18.4 Å². The van der Waals surface area contributed by atoms with Crippen molar-refractivity contribution in [3.8, 4) is 0 Å². The molecule has 0 saturated carbocycles. The van der Waals surface area contributed by atoms with Crippen LogP contribution in [0.15, 0.2) is 24.3 Å². The fraction of sp³-hybridized carbons (Fsp3) is 0.667. The van der Waals surface area contributed by atoms with E-state index in [1.165, 1.54) is 17.7 Å². The number of hydrogen-bond acceptors (Lipinski definition) is 3. The molecule has 2 N–H and O–H groups in total. The minimum Gasteiger partial charge on any atom is -0.396 e. The lowest BCUT2D eigenvalue weighted by molar-refractivity contribution is 0.120. The molecule has 1 atom stereocenters. The van der Waals surface area contributed by atoms with Gasteiger partial charge in [-0.2, -0.15) is 0 Å². The Labute approximate surface area is 161 Å². The van der Waals surface area contributed by atoms with Gasteiger partial charge in [-0.1, -0.05) is 12.1 Å². The standard InChI is InChI=1S/C21H32FN3O2/c22-20-5-3-17(4-6-20)14-18-7-11-25(12-8-18)21(27)23-9-13-24-10-1-2-19(15-24)16-26/h3-6,18-19,26H,1-2,7-16H2,(H,23,27)/t19-/m0/s1. The Kier molecular flexibility index (Phi) is 7.47. The summed E-state index contributed by atoms with van der Waals surface area (Å²) in [5.74, 6) is 0.750. The molecule has 0 bridgehead atoms. The number of aliphatic hydroxyl groups is 1. The second-order valence-electron chi connectivity index (χ2n) is 7.98. The number of likely N-dealkylation sites (tertiary alicyclic amines) is 2. The van der Waals surface area contributed by atoms with E-state index in [1.54, 1.807) is 0 Å². The average Bonchev–Trinajstić information content (AvgIpc) is 2.70. The lowest BCUT2D eigenvalue weighted by atomic mass is 9.90. The summed E-state index contributed by atoms with van der Waals surface area (Å²) in [6.07, 6.45) is 5.17. The van der Waals surface area contributed by atoms with Crippen LogP contribution in [0.1, 0.15) is 31.2 Å². The van der Waals surface area contributed by atoms with Gasteiger partial charge in [-0.3, -0.25) is 0 Å². The highest BCUT2D eigenvalue weighted by atomic mass is 19.1. The van der Waals surface area contributed by atoms with Crippen LogP contribution >= 0.6 is 0 Å². The molecule has 1 aromatic carbocycles. The first-order valence-electron chi connectivity index (χ1n) is 10.2. The van der Waals surface area contributed by atoms with Crippen molar-refractivity contribution < 1.29 is 14.3 Å². The molecule has 2 saturated heterocycles. The molecule has 2 heterocycles. The molecule has 0 unspecified atom stereocenters. The van der Waals surface area contributed by atoms with Crippen LogP contribution in [0.25, 0.3) is 0 Å². The summed E-state index contributed by atoms with van der Waals surface area (Å²) >= 11 is 0. The van der Waals surface area contributed by atoms with Crippen LogP contribution < -0.4 is 5.32 Å². The number of nitrogens with zero attached hydrogens (tertiary/aromatic N) is 2. The van der Waals surface area contributed by atoms with E-state index < -0.39 is 0 Å². The number of benzene rings is 1. The fourth-order valence-electron chi connectivity index (χ4n) is 4.23. The van der Waals surface area contributed by atoms with E-state index in [-0.39, 0.29) is 18.5 Å². The Balaban J connectivity index is 1.33. The Bertz CT molecular complexity index is 588. The monoisotopic (exact) mass is 377 g/mol. The SMILES string of the molecule is O=C(NCCN1CCC[C@H](CO)C1)N1CCC(Cc2ccc(F)cc2)CC1. The smallest absolute Gasteiger partial charge is 0.317 e. The molecule has 0 aromatic heterocycles. The molecule has 3 rings (SSSR count). The zero-order valence-electron chi connectivity index (χ0n) is 16.1. The lowest BCUT2D eigenvalue weighted by Crippen LogP contribution is -2.47. The maximum atomic E-state index is 13.0. The molecule has 2 aliphatic heterocycles. The van der Waals surface area contributed by atoms with Gasteiger partial charge in [-0.05, 0) is 68.2 Å². The highest BCUT2D eigenvalue weighted by Crippen LogP contribution is 2.22. The maximum Gasteiger partial charge on any atom is 0.317 e. The van der Waals surface area contributed by atoms with Gasteiger partial charge in [0.15, 0.2) is 0 Å². The predicted molar refractivity (Wildman–Crippen MR) is 104 cm³/mol. The summed E-state index contributed by atoms with van der Waals surface area (Å²) in [7, 11) is 0. The molecule has 2 amide bonds. The zero-order valence-corrected chi connectivity index (χ0v) is 16.1. The van der Waals surface area contributed by atoms with E-state index >= 15 is 0 Å². The van der Waals surface area contributed by atoms with E-state index in [1.807, 2.05) is 17.0 Å². The van der Waals surface area contributed by atoms with Crippen molar-refractivity contribution in [3.63, 3.8) is 0 Å². The van der Waals surface area contributed by atoms with Crippen molar-refractivity contribution in [2.24, 2.45) is 11.8 Å². The van der Waals surface area contributed by atoms with Crippen LogP contribution in [0.2, 0.25) is 0 Å². The molecule has 27 heavy (non-hydrogen) atoms. The van der Waals surface area contributed by atoms with Crippen LogP contribution in [0.4, 0.5) is 9.18 Å². The number of carbonyl (C=O) groups excluding carboxylic acids is 1. The number of rotatable bonds is 6. The second kappa shape index (κ2) is 10.0. The third-order valence-corrected chi connectivity index (χ3v) is 5.90. The van der Waals surface area contributed by atoms with Gasteiger partial charge in [0, 0.05) is 39.3 Å². The van der Waals surface area contributed by atoms with Crippen molar-refractivity contribution in [1.82, 2.24) is 15.1 Å². The molecule has 2 fully saturated rings. The number of amides is 2. The molecule has 1 aromatic rings. The summed E-state index contributed by atoms with van der Waals surface area (Å²) in [6.45, 7) is 5.33. The minimum absolute atomic E-state index is 0.0333. The van der Waals surface area contributed by atoms with Gasteiger partial charge in [-0.25, -0.2) is 9.18 Å². The van der Waals surface area contributed by atoms with Gasteiger partial charge in [0.25, 0.3) is 0 Å². The number of urea groups is 1. The van der Waals surface area contributed by atoms with Crippen LogP contribution in [-0.2, 0) is 6.42 Å². The Morgan fingerprint density at radius 1 is 1.11 bits per heavy atom. The Hall–Kier alpha value is -1.66. The largest absolute Gasteiger partial charge is 0.396 e. The van der Waals surface area contributed by atoms with Crippen LogP contribution in [-0.4, -0.2) is 66.8 Å². The molecular weight excluding hydrogens is 345 g/mol. The van der Waals surface area contributed by atoms with Gasteiger partial charge in [0.05, 0.1) is 0 Å². The summed E-state index contributed by atoms with van der Waals surface area (Å²) in [5.41, 5.74) is 1.17. The number of nitrogens with one attached hydrogen (secondary N) is 1. The summed E-state index contributed by atoms with van der Waals surface area (Å²) in [6, 6.07) is 6.78. The molecule has 150 valence electrons. The van der Waals surface area contributed by atoms with E-state index in [0.717, 1.165) is 64.8 Å². The normalized spacial score (nSPS) is 22.0. The summed E-state index contributed by atoms with van der Waals surface area (Å²) < 4.78 is 13.0. The molecule has 0 radical (unpaired) electrons. The number of carbonyl (C=O) groups is 1. The molecule has 0 spiro atoms. The van der Waals surface area contributed by atoms with Crippen molar-refractivity contribution in [1.29, 1.82) is 0 Å². The predicted octanol–water partition coefficient (Wildman–Crippen LogP) is 2.49. The van der Waals surface area contributed by atoms with Crippen molar-refractivity contribution in [3.05, 3.63) is 35.6 Å². The van der Waals surface area contributed by atoms with Crippen LogP contribution in [0.3, 0.4) is 0 Å². The number of halogens is 1. The first-order valence-corrected chi connectivity index (χ1v) is 10.2. The van der Waals surface area contributed by atoms with Gasteiger partial charge >= 0.3 is 6.03 Å². The quantitative estimate of drug-likeness (QED) is 0.801. The summed E-state index contributed by atoms with van der Waals surface area (Å²) in [5, 5.41) is 12.3. The van der Waals surface area contributed by atoms with E-state index in [9.17, 15) is 14.3 Å². The fourth-order valence-corrected chi connectivity index (χ4v) is 4.23. The minimum atomic E-state index is -0.193.